The van der Waals surface area contributed by atoms with E-state index in [0.717, 1.165) is 25.2 Å². The van der Waals surface area contributed by atoms with Crippen LogP contribution < -0.4 is 4.72 Å². The number of hydrogen-bond acceptors (Lipinski definition) is 4. The summed E-state index contributed by atoms with van der Waals surface area (Å²) in [7, 11) is 0. The van der Waals surface area contributed by atoms with Crippen LogP contribution in [0.25, 0.3) is 0 Å². The van der Waals surface area contributed by atoms with Crippen LogP contribution in [-0.4, -0.2) is 49.8 Å². The molecule has 1 aliphatic heterocycles. The van der Waals surface area contributed by atoms with Gasteiger partial charge in [0.05, 0.1) is 24.6 Å². The maximum atomic E-state index is 12.5. The predicted molar refractivity (Wildman–Crippen MR) is 101 cm³/mol. The number of rotatable bonds is 8. The Labute approximate surface area is 158 Å². The summed E-state index contributed by atoms with van der Waals surface area (Å²) in [5.74, 6) is 0.614. The van der Waals surface area contributed by atoms with E-state index >= 15 is 0 Å². The van der Waals surface area contributed by atoms with Gasteiger partial charge in [-0.15, -0.1) is 4.72 Å². The van der Waals surface area contributed by atoms with Crippen molar-refractivity contribution in [1.29, 1.82) is 0 Å². The Bertz CT molecular complexity index is 562. The first-order valence-electron chi connectivity index (χ1n) is 9.26. The van der Waals surface area contributed by atoms with Gasteiger partial charge in [-0.1, -0.05) is 13.8 Å². The van der Waals surface area contributed by atoms with Gasteiger partial charge >= 0.3 is 0 Å². The predicted octanol–water partition coefficient (Wildman–Crippen LogP) is 3.22. The molecule has 150 valence electrons. The van der Waals surface area contributed by atoms with Crippen molar-refractivity contribution in [3.63, 3.8) is 0 Å². The summed E-state index contributed by atoms with van der Waals surface area (Å²) in [5, 5.41) is 0. The smallest absolute Gasteiger partial charge is 0.251 e. The molecule has 0 saturated carbocycles. The lowest BCUT2D eigenvalue weighted by Gasteiger charge is -2.28. The van der Waals surface area contributed by atoms with Crippen molar-refractivity contribution in [2.75, 3.05) is 19.6 Å². The second-order valence-corrected chi connectivity index (χ2v) is 10.5. The molecule has 1 fully saturated rings. The number of likely N-dealkylation sites (tertiary alicyclic amines) is 1. The molecule has 0 bridgehead atoms. The van der Waals surface area contributed by atoms with E-state index in [9.17, 15) is 13.3 Å². The van der Waals surface area contributed by atoms with Gasteiger partial charge in [-0.3, -0.25) is 4.90 Å². The number of hydrogen-bond donors (Lipinski definition) is 1. The van der Waals surface area contributed by atoms with Crippen LogP contribution in [-0.2, 0) is 17.9 Å². The zero-order valence-electron chi connectivity index (χ0n) is 16.4. The van der Waals surface area contributed by atoms with Gasteiger partial charge in [-0.25, -0.2) is 13.8 Å². The summed E-state index contributed by atoms with van der Waals surface area (Å²) in [6.07, 6.45) is 2.45. The first kappa shape index (κ1) is 21.6. The Hall–Kier alpha value is -0.700. The van der Waals surface area contributed by atoms with E-state index in [1.807, 2.05) is 36.4 Å². The average molecular weight is 391 g/mol. The minimum atomic E-state index is -2.27. The zero-order valence-corrected chi connectivity index (χ0v) is 17.2. The maximum absolute atomic E-state index is 12.5. The highest BCUT2D eigenvalue weighted by Crippen LogP contribution is 2.25. The van der Waals surface area contributed by atoms with Crippen LogP contribution in [0.1, 0.15) is 52.8 Å². The highest BCUT2D eigenvalue weighted by Gasteiger charge is 2.32. The summed E-state index contributed by atoms with van der Waals surface area (Å²) < 4.78 is 42.4. The fraction of sp³-hybridized carbons (Fsp3) is 0.833. The van der Waals surface area contributed by atoms with Crippen LogP contribution in [0.15, 0.2) is 12.5 Å². The van der Waals surface area contributed by atoms with E-state index in [4.69, 9.17) is 0 Å². The third-order valence-electron chi connectivity index (χ3n) is 4.66. The van der Waals surface area contributed by atoms with Crippen LogP contribution in [0.5, 0.6) is 0 Å². The highest BCUT2D eigenvalue weighted by molar-refractivity contribution is 7.90. The topological polar surface area (TPSA) is 56.1 Å². The van der Waals surface area contributed by atoms with Gasteiger partial charge in [-0.05, 0) is 45.6 Å². The lowest BCUT2D eigenvalue weighted by molar-refractivity contribution is 0.0975. The van der Waals surface area contributed by atoms with Gasteiger partial charge < -0.3 is 9.12 Å². The average Bonchev–Trinajstić information content (AvgIpc) is 3.12. The van der Waals surface area contributed by atoms with Crippen LogP contribution in [0.4, 0.5) is 8.78 Å². The molecule has 5 nitrogen and oxygen atoms in total. The van der Waals surface area contributed by atoms with Crippen molar-refractivity contribution >= 4 is 11.4 Å². The maximum Gasteiger partial charge on any atom is 0.251 e. The zero-order chi connectivity index (χ0) is 19.5. The van der Waals surface area contributed by atoms with E-state index in [1.165, 1.54) is 0 Å². The summed E-state index contributed by atoms with van der Waals surface area (Å²) in [6.45, 7) is 12.1. The first-order chi connectivity index (χ1) is 12.1. The molecule has 2 heterocycles. The molecule has 0 spiro atoms. The number of aromatic nitrogens is 2. The second kappa shape index (κ2) is 8.99. The van der Waals surface area contributed by atoms with Gasteiger partial charge in [0.15, 0.2) is 0 Å². The molecule has 1 saturated heterocycles. The van der Waals surface area contributed by atoms with E-state index in [1.54, 1.807) is 6.33 Å². The fourth-order valence-electron chi connectivity index (χ4n) is 3.19. The van der Waals surface area contributed by atoms with Crippen molar-refractivity contribution in [2.45, 2.75) is 64.8 Å². The molecule has 1 N–H and O–H groups in total. The molecular formula is C18H32F2N4OS. The Balaban J connectivity index is 1.96. The van der Waals surface area contributed by atoms with Crippen LogP contribution in [0.2, 0.25) is 0 Å². The summed E-state index contributed by atoms with van der Waals surface area (Å²) in [4.78, 5) is 6.35. The summed E-state index contributed by atoms with van der Waals surface area (Å²) >= 11 is -1.17. The largest absolute Gasteiger partial charge is 0.598 e. The monoisotopic (exact) mass is 390 g/mol. The van der Waals surface area contributed by atoms with Crippen LogP contribution >= 0.6 is 0 Å². The molecule has 0 amide bonds. The molecule has 1 aromatic rings. The van der Waals surface area contributed by atoms with Crippen molar-refractivity contribution in [3.05, 3.63) is 18.2 Å². The summed E-state index contributed by atoms with van der Waals surface area (Å²) in [5.41, 5.74) is 0.875. The molecule has 0 aliphatic carbocycles. The Morgan fingerprint density at radius 1 is 1.38 bits per heavy atom. The van der Waals surface area contributed by atoms with Gasteiger partial charge in [0.1, 0.15) is 4.75 Å². The van der Waals surface area contributed by atoms with Gasteiger partial charge in [0.25, 0.3) is 6.43 Å². The normalized spacial score (nSPS) is 21.7. The van der Waals surface area contributed by atoms with E-state index in [-0.39, 0.29) is 23.3 Å². The molecule has 3 atom stereocenters. The number of imidazole rings is 1. The van der Waals surface area contributed by atoms with Gasteiger partial charge in [0, 0.05) is 30.6 Å². The van der Waals surface area contributed by atoms with Crippen molar-refractivity contribution in [1.82, 2.24) is 19.2 Å². The standard InChI is InChI=1S/C18H32F2N4OS/c1-13(2)17(22-26(25)18(3,4)5)15-10-24(12-21-15)9-14-6-7-23(8-14)11-16(19)20/h10,12-14,16-17,22H,6-9,11H2,1-5H3/t14-,17?,26-/m0/s1. The molecule has 1 unspecified atom stereocenters. The Kier molecular flexibility index (Phi) is 7.47. The molecule has 1 aliphatic rings. The van der Waals surface area contributed by atoms with E-state index in [0.29, 0.717) is 12.5 Å². The van der Waals surface area contributed by atoms with Crippen LogP contribution in [0.3, 0.4) is 0 Å². The van der Waals surface area contributed by atoms with Crippen molar-refractivity contribution in [3.8, 4) is 0 Å². The lowest BCUT2D eigenvalue weighted by atomic mass is 10.0. The lowest BCUT2D eigenvalue weighted by Crippen LogP contribution is -2.42. The van der Waals surface area contributed by atoms with Crippen molar-refractivity contribution in [2.24, 2.45) is 11.8 Å². The van der Waals surface area contributed by atoms with Crippen molar-refractivity contribution < 1.29 is 13.3 Å². The number of alkyl halides is 2. The molecule has 1 aromatic heterocycles. The molecule has 0 radical (unpaired) electrons. The molecule has 2 rings (SSSR count). The molecule has 0 aromatic carbocycles. The van der Waals surface area contributed by atoms with Gasteiger partial charge in [-0.2, -0.15) is 0 Å². The Morgan fingerprint density at radius 2 is 2.08 bits per heavy atom. The highest BCUT2D eigenvalue weighted by atomic mass is 32.2. The van der Waals surface area contributed by atoms with Gasteiger partial charge in [0.2, 0.25) is 0 Å². The Morgan fingerprint density at radius 3 is 2.65 bits per heavy atom. The fourth-order valence-corrected chi connectivity index (χ4v) is 4.17. The SMILES string of the molecule is CC(C)C(N[S@@+]([O-])C(C)(C)C)c1cn(C[C@H]2CCN(CC(F)F)C2)cn1. The molecular weight excluding hydrogens is 358 g/mol. The third kappa shape index (κ3) is 6.18. The second-order valence-electron chi connectivity index (χ2n) is 8.52. The number of nitrogens with one attached hydrogen (secondary N) is 1. The number of nitrogens with zero attached hydrogens (tertiary/aromatic N) is 3. The molecule has 26 heavy (non-hydrogen) atoms. The van der Waals surface area contributed by atoms with Crippen LogP contribution in [0, 0.1) is 11.8 Å². The number of halogens is 2. The minimum absolute atomic E-state index is 0.0878. The van der Waals surface area contributed by atoms with E-state index in [2.05, 4.69) is 23.6 Å². The molecule has 8 heteroatoms. The quantitative estimate of drug-likeness (QED) is 0.693. The third-order valence-corrected chi connectivity index (χ3v) is 6.24. The van der Waals surface area contributed by atoms with E-state index < -0.39 is 17.8 Å². The first-order valence-corrected chi connectivity index (χ1v) is 10.4. The summed E-state index contributed by atoms with van der Waals surface area (Å²) in [6, 6.07) is -0.0878. The minimum Gasteiger partial charge on any atom is -0.598 e.